The van der Waals surface area contributed by atoms with Gasteiger partial charge in [0.15, 0.2) is 0 Å². The third-order valence-electron chi connectivity index (χ3n) is 5.52. The van der Waals surface area contributed by atoms with Crippen molar-refractivity contribution in [1.29, 1.82) is 16.2 Å². The lowest BCUT2D eigenvalue weighted by Gasteiger charge is -2.23. The van der Waals surface area contributed by atoms with Gasteiger partial charge >= 0.3 is 0 Å². The minimum absolute atomic E-state index is 0.0181. The van der Waals surface area contributed by atoms with Gasteiger partial charge in [-0.1, -0.05) is 0 Å². The van der Waals surface area contributed by atoms with Gasteiger partial charge in [0.1, 0.15) is 54.6 Å². The van der Waals surface area contributed by atoms with Crippen molar-refractivity contribution in [1.82, 2.24) is 4.90 Å². The van der Waals surface area contributed by atoms with Crippen LogP contribution in [0.25, 0.3) is 0 Å². The number of nitrogens with one attached hydrogen (secondary N) is 3. The zero-order valence-corrected chi connectivity index (χ0v) is 20.6. The molecule has 0 saturated carbocycles. The highest BCUT2D eigenvalue weighted by molar-refractivity contribution is 5.95. The van der Waals surface area contributed by atoms with E-state index in [0.717, 1.165) is 0 Å². The van der Waals surface area contributed by atoms with E-state index < -0.39 is 0 Å². The topological polar surface area (TPSA) is 181 Å². The monoisotopic (exact) mass is 503 g/mol. The van der Waals surface area contributed by atoms with Gasteiger partial charge in [0.25, 0.3) is 0 Å². The molecule has 0 aliphatic heterocycles. The molecule has 9 N–H and O–H groups in total. The van der Waals surface area contributed by atoms with Crippen molar-refractivity contribution in [2.45, 2.75) is 0 Å². The Balaban J connectivity index is 1.51. The molecule has 0 amide bonds. The first-order chi connectivity index (χ1) is 17.8. The van der Waals surface area contributed by atoms with Crippen LogP contribution in [-0.2, 0) is 0 Å². The Labute approximate surface area is 216 Å². The molecule has 0 radical (unpaired) electrons. The molecule has 3 rings (SSSR count). The highest BCUT2D eigenvalue weighted by atomic mass is 16.5. The van der Waals surface area contributed by atoms with Crippen LogP contribution in [0.1, 0.15) is 16.7 Å². The summed E-state index contributed by atoms with van der Waals surface area (Å²) in [4.78, 5) is 2.18. The van der Waals surface area contributed by atoms with Gasteiger partial charge in [-0.15, -0.1) is 0 Å². The molecular weight excluding hydrogens is 470 g/mol. The highest BCUT2D eigenvalue weighted by Gasteiger charge is 2.08. The number of rotatable bonds is 15. The van der Waals surface area contributed by atoms with E-state index in [0.29, 0.717) is 73.4 Å². The van der Waals surface area contributed by atoms with Crippen LogP contribution in [0.15, 0.2) is 72.8 Å². The summed E-state index contributed by atoms with van der Waals surface area (Å²) in [6.45, 7) is 3.31. The zero-order chi connectivity index (χ0) is 26.6. The Hall–Kier alpha value is -4.57. The third kappa shape index (κ3) is 8.86. The largest absolute Gasteiger partial charge is 0.492 e. The summed E-state index contributed by atoms with van der Waals surface area (Å²) in [7, 11) is 0. The van der Waals surface area contributed by atoms with Gasteiger partial charge in [-0.05, 0) is 72.8 Å². The van der Waals surface area contributed by atoms with Gasteiger partial charge in [0.05, 0.1) is 0 Å². The second kappa shape index (κ2) is 13.5. The van der Waals surface area contributed by atoms with E-state index in [9.17, 15) is 0 Å². The number of hydrogen-bond acceptors (Lipinski definition) is 7. The van der Waals surface area contributed by atoms with Crippen molar-refractivity contribution in [2.24, 2.45) is 17.2 Å². The SMILES string of the molecule is N=C(N)c1ccc(OCCN(CCOc2ccc(C(=N)N)cc2)CCOc2ccc(C(=N)N)cc2)cc1. The lowest BCUT2D eigenvalue weighted by atomic mass is 10.2. The van der Waals surface area contributed by atoms with E-state index in [1.165, 1.54) is 0 Å². The number of ether oxygens (including phenoxy) is 3. The summed E-state index contributed by atoms with van der Waals surface area (Å²) in [5.74, 6) is 2.16. The van der Waals surface area contributed by atoms with Gasteiger partial charge in [-0.2, -0.15) is 0 Å². The second-order valence-electron chi connectivity index (χ2n) is 8.20. The summed E-state index contributed by atoms with van der Waals surface area (Å²) in [5, 5.41) is 22.5. The van der Waals surface area contributed by atoms with Gasteiger partial charge in [-0.3, -0.25) is 21.1 Å². The van der Waals surface area contributed by atoms with Crippen molar-refractivity contribution < 1.29 is 14.2 Å². The molecule has 10 heteroatoms. The van der Waals surface area contributed by atoms with Crippen molar-refractivity contribution in [3.63, 3.8) is 0 Å². The Kier molecular flexibility index (Phi) is 9.86. The van der Waals surface area contributed by atoms with Crippen LogP contribution < -0.4 is 31.4 Å². The summed E-state index contributed by atoms with van der Waals surface area (Å²) < 4.78 is 17.6. The minimum Gasteiger partial charge on any atom is -0.492 e. The van der Waals surface area contributed by atoms with Crippen molar-refractivity contribution in [2.75, 3.05) is 39.5 Å². The summed E-state index contributed by atoms with van der Waals surface area (Å²) in [6.07, 6.45) is 0. The number of benzene rings is 3. The lowest BCUT2D eigenvalue weighted by Crippen LogP contribution is -2.35. The van der Waals surface area contributed by atoms with Crippen LogP contribution >= 0.6 is 0 Å². The van der Waals surface area contributed by atoms with E-state index in [-0.39, 0.29) is 17.5 Å². The Morgan fingerprint density at radius 1 is 0.486 bits per heavy atom. The zero-order valence-electron chi connectivity index (χ0n) is 20.6. The van der Waals surface area contributed by atoms with Crippen LogP contribution in [0.4, 0.5) is 0 Å². The molecule has 0 aliphatic rings. The third-order valence-corrected chi connectivity index (χ3v) is 5.52. The Morgan fingerprint density at radius 3 is 0.946 bits per heavy atom. The molecule has 0 heterocycles. The summed E-state index contributed by atoms with van der Waals surface area (Å²) in [6, 6.07) is 21.3. The van der Waals surface area contributed by atoms with Crippen LogP contribution in [0.2, 0.25) is 0 Å². The summed E-state index contributed by atoms with van der Waals surface area (Å²) >= 11 is 0. The fourth-order valence-corrected chi connectivity index (χ4v) is 3.41. The minimum atomic E-state index is 0.0181. The molecule has 37 heavy (non-hydrogen) atoms. The van der Waals surface area contributed by atoms with E-state index in [1.807, 2.05) is 0 Å². The predicted molar refractivity (Wildman–Crippen MR) is 145 cm³/mol. The van der Waals surface area contributed by atoms with Gasteiger partial charge in [0, 0.05) is 36.3 Å². The smallest absolute Gasteiger partial charge is 0.122 e. The maximum absolute atomic E-state index is 7.49. The van der Waals surface area contributed by atoms with E-state index in [4.69, 9.17) is 47.6 Å². The fraction of sp³-hybridized carbons (Fsp3) is 0.222. The molecule has 3 aromatic rings. The highest BCUT2D eigenvalue weighted by Crippen LogP contribution is 2.14. The number of nitrogens with two attached hydrogens (primary N) is 3. The predicted octanol–water partition coefficient (Wildman–Crippen LogP) is 2.38. The summed E-state index contributed by atoms with van der Waals surface area (Å²) in [5.41, 5.74) is 18.5. The van der Waals surface area contributed by atoms with Gasteiger partial charge in [0.2, 0.25) is 0 Å². The molecule has 0 spiro atoms. The number of amidine groups is 3. The Morgan fingerprint density at radius 2 is 0.730 bits per heavy atom. The molecular formula is C27H33N7O3. The van der Waals surface area contributed by atoms with Gasteiger partial charge < -0.3 is 31.4 Å². The van der Waals surface area contributed by atoms with E-state index >= 15 is 0 Å². The van der Waals surface area contributed by atoms with Crippen LogP contribution in [0.3, 0.4) is 0 Å². The molecule has 10 nitrogen and oxygen atoms in total. The van der Waals surface area contributed by atoms with Crippen LogP contribution in [0.5, 0.6) is 17.2 Å². The van der Waals surface area contributed by atoms with E-state index in [1.54, 1.807) is 72.8 Å². The Bertz CT molecular complexity index is 1030. The lowest BCUT2D eigenvalue weighted by molar-refractivity contribution is 0.153. The van der Waals surface area contributed by atoms with Crippen molar-refractivity contribution in [3.8, 4) is 17.2 Å². The van der Waals surface area contributed by atoms with E-state index in [2.05, 4.69) is 4.90 Å². The normalized spacial score (nSPS) is 10.6. The van der Waals surface area contributed by atoms with Crippen molar-refractivity contribution >= 4 is 17.5 Å². The molecule has 0 bridgehead atoms. The molecule has 3 aromatic carbocycles. The first-order valence-corrected chi connectivity index (χ1v) is 11.8. The molecule has 0 aliphatic carbocycles. The molecule has 0 aromatic heterocycles. The fourth-order valence-electron chi connectivity index (χ4n) is 3.41. The second-order valence-corrected chi connectivity index (χ2v) is 8.20. The average Bonchev–Trinajstić information content (AvgIpc) is 2.89. The molecule has 0 fully saturated rings. The number of nitrogens with zero attached hydrogens (tertiary/aromatic N) is 1. The maximum atomic E-state index is 7.49. The standard InChI is InChI=1S/C27H33N7O3/c28-25(29)19-1-7-22(8-2-19)35-16-13-34(14-17-36-23-9-3-20(4-10-23)26(30)31)15-18-37-24-11-5-21(6-12-24)27(32)33/h1-12H,13-18H2,(H3,28,29)(H3,30,31)(H3,32,33). The number of nitrogen functional groups attached to an aromatic ring is 3. The maximum Gasteiger partial charge on any atom is 0.122 e. The first kappa shape index (κ1) is 27.0. The quantitative estimate of drug-likeness (QED) is 0.136. The number of hydrogen-bond donors (Lipinski definition) is 6. The molecule has 0 unspecified atom stereocenters. The van der Waals surface area contributed by atoms with Crippen LogP contribution in [0, 0.1) is 16.2 Å². The average molecular weight is 504 g/mol. The molecule has 194 valence electrons. The molecule has 0 atom stereocenters. The van der Waals surface area contributed by atoms with Crippen molar-refractivity contribution in [3.05, 3.63) is 89.5 Å². The first-order valence-electron chi connectivity index (χ1n) is 11.8. The van der Waals surface area contributed by atoms with Crippen LogP contribution in [-0.4, -0.2) is 61.9 Å². The molecule has 0 saturated heterocycles. The van der Waals surface area contributed by atoms with Gasteiger partial charge in [-0.25, -0.2) is 0 Å².